The first-order valence-electron chi connectivity index (χ1n) is 8.07. The molecule has 1 amide bonds. The van der Waals surface area contributed by atoms with Gasteiger partial charge in [0.1, 0.15) is 0 Å². The lowest BCUT2D eigenvalue weighted by Crippen LogP contribution is -2.31. The second kappa shape index (κ2) is 7.35. The number of rotatable bonds is 5. The summed E-state index contributed by atoms with van der Waals surface area (Å²) >= 11 is 0. The van der Waals surface area contributed by atoms with Gasteiger partial charge in [-0.15, -0.1) is 0 Å². The van der Waals surface area contributed by atoms with Crippen molar-refractivity contribution in [3.05, 3.63) is 59.9 Å². The quantitative estimate of drug-likeness (QED) is 0.887. The summed E-state index contributed by atoms with van der Waals surface area (Å²) in [4.78, 5) is 16.9. The highest BCUT2D eigenvalue weighted by Crippen LogP contribution is 2.29. The lowest BCUT2D eigenvalue weighted by molar-refractivity contribution is 0.0926. The van der Waals surface area contributed by atoms with Gasteiger partial charge in [-0.3, -0.25) is 9.78 Å². The second-order valence-corrected chi connectivity index (χ2v) is 9.39. The molecule has 1 aromatic carbocycles. The zero-order valence-electron chi connectivity index (χ0n) is 15.0. The van der Waals surface area contributed by atoms with Gasteiger partial charge in [-0.05, 0) is 47.7 Å². The predicted octanol–water partition coefficient (Wildman–Crippen LogP) is 3.39. The molecular weight excluding hydrogens is 336 g/mol. The van der Waals surface area contributed by atoms with E-state index in [1.54, 1.807) is 12.4 Å². The van der Waals surface area contributed by atoms with Crippen LogP contribution in [-0.4, -0.2) is 25.6 Å². The van der Waals surface area contributed by atoms with Crippen molar-refractivity contribution < 1.29 is 13.2 Å². The van der Waals surface area contributed by atoms with Gasteiger partial charge in [0, 0.05) is 24.2 Å². The van der Waals surface area contributed by atoms with Crippen molar-refractivity contribution in [3.8, 4) is 0 Å². The lowest BCUT2D eigenvalue weighted by Gasteiger charge is -2.27. The molecule has 25 heavy (non-hydrogen) atoms. The Morgan fingerprint density at radius 3 is 2.28 bits per heavy atom. The molecule has 0 saturated heterocycles. The van der Waals surface area contributed by atoms with E-state index in [1.807, 2.05) is 12.1 Å². The summed E-state index contributed by atoms with van der Waals surface area (Å²) in [6.45, 7) is 6.34. The molecule has 1 N–H and O–H groups in total. The van der Waals surface area contributed by atoms with Gasteiger partial charge in [0.05, 0.1) is 10.9 Å². The molecule has 0 fully saturated rings. The Hall–Kier alpha value is -2.21. The smallest absolute Gasteiger partial charge is 0.251 e. The third kappa shape index (κ3) is 5.67. The average molecular weight is 360 g/mol. The lowest BCUT2D eigenvalue weighted by atomic mass is 9.85. The molecule has 0 radical (unpaired) electrons. The van der Waals surface area contributed by atoms with Crippen molar-refractivity contribution in [1.82, 2.24) is 10.3 Å². The first kappa shape index (κ1) is 19.1. The standard InChI is InChI=1S/C19H24N2O3S/c1-19(2,3)12-17(15-6-5-11-20-13-15)21-18(22)14-7-9-16(10-8-14)25(4,23)24/h5-11,13,17H,12H2,1-4H3,(H,21,22). The molecule has 6 heteroatoms. The van der Waals surface area contributed by atoms with Crippen LogP contribution in [0.2, 0.25) is 0 Å². The van der Waals surface area contributed by atoms with Gasteiger partial charge in [-0.2, -0.15) is 0 Å². The number of carbonyl (C=O) groups excluding carboxylic acids is 1. The summed E-state index contributed by atoms with van der Waals surface area (Å²) < 4.78 is 23.1. The number of hydrogen-bond acceptors (Lipinski definition) is 4. The van der Waals surface area contributed by atoms with Crippen LogP contribution in [0.1, 0.15) is 49.2 Å². The van der Waals surface area contributed by atoms with Crippen LogP contribution in [0.4, 0.5) is 0 Å². The summed E-state index contributed by atoms with van der Waals surface area (Å²) in [5.74, 6) is -0.238. The number of amides is 1. The minimum Gasteiger partial charge on any atom is -0.345 e. The molecule has 0 bridgehead atoms. The molecule has 2 aromatic rings. The molecule has 5 nitrogen and oxygen atoms in total. The molecule has 1 atom stereocenters. The highest BCUT2D eigenvalue weighted by Gasteiger charge is 2.22. The molecule has 0 saturated carbocycles. The number of sulfone groups is 1. The largest absolute Gasteiger partial charge is 0.345 e. The Kier molecular flexibility index (Phi) is 5.62. The van der Waals surface area contributed by atoms with Crippen LogP contribution < -0.4 is 5.32 Å². The number of pyridine rings is 1. The molecule has 2 rings (SSSR count). The van der Waals surface area contributed by atoms with Gasteiger partial charge in [-0.25, -0.2) is 8.42 Å². The summed E-state index contributed by atoms with van der Waals surface area (Å²) in [7, 11) is -3.28. The second-order valence-electron chi connectivity index (χ2n) is 7.37. The fourth-order valence-electron chi connectivity index (χ4n) is 2.54. The molecule has 1 aromatic heterocycles. The first-order chi connectivity index (χ1) is 11.6. The fourth-order valence-corrected chi connectivity index (χ4v) is 3.17. The van der Waals surface area contributed by atoms with E-state index in [9.17, 15) is 13.2 Å². The van der Waals surface area contributed by atoms with Crippen molar-refractivity contribution in [1.29, 1.82) is 0 Å². The number of benzene rings is 1. The molecular formula is C19H24N2O3S. The zero-order chi connectivity index (χ0) is 18.7. The van der Waals surface area contributed by atoms with Crippen molar-refractivity contribution in [2.45, 2.75) is 38.1 Å². The van der Waals surface area contributed by atoms with Crippen molar-refractivity contribution in [2.75, 3.05) is 6.26 Å². The van der Waals surface area contributed by atoms with Crippen LogP contribution in [0.5, 0.6) is 0 Å². The van der Waals surface area contributed by atoms with Gasteiger partial charge in [0.15, 0.2) is 9.84 Å². The van der Waals surface area contributed by atoms with Crippen LogP contribution >= 0.6 is 0 Å². The maximum Gasteiger partial charge on any atom is 0.251 e. The molecule has 1 heterocycles. The van der Waals surface area contributed by atoms with Crippen LogP contribution in [0.3, 0.4) is 0 Å². The predicted molar refractivity (Wildman–Crippen MR) is 98.1 cm³/mol. The molecule has 0 aliphatic heterocycles. The third-order valence-electron chi connectivity index (χ3n) is 3.75. The summed E-state index contributed by atoms with van der Waals surface area (Å²) in [6, 6.07) is 9.58. The van der Waals surface area contributed by atoms with Gasteiger partial charge < -0.3 is 5.32 Å². The van der Waals surface area contributed by atoms with Gasteiger partial charge in [-0.1, -0.05) is 26.8 Å². The summed E-state index contributed by atoms with van der Waals surface area (Å²) in [5.41, 5.74) is 1.39. The summed E-state index contributed by atoms with van der Waals surface area (Å²) in [5, 5.41) is 3.04. The Morgan fingerprint density at radius 2 is 1.80 bits per heavy atom. The Balaban J connectivity index is 2.22. The minimum absolute atomic E-state index is 0.0218. The fraction of sp³-hybridized carbons (Fsp3) is 0.368. The van der Waals surface area contributed by atoms with E-state index in [-0.39, 0.29) is 22.3 Å². The van der Waals surface area contributed by atoms with E-state index in [0.717, 1.165) is 18.2 Å². The first-order valence-corrected chi connectivity index (χ1v) is 9.96. The number of nitrogens with one attached hydrogen (secondary N) is 1. The number of nitrogens with zero attached hydrogens (tertiary/aromatic N) is 1. The Labute approximate surface area is 149 Å². The normalized spacial score (nSPS) is 13.3. The van der Waals surface area contributed by atoms with Gasteiger partial charge in [0.2, 0.25) is 0 Å². The van der Waals surface area contributed by atoms with E-state index in [4.69, 9.17) is 0 Å². The van der Waals surface area contributed by atoms with Gasteiger partial charge >= 0.3 is 0 Å². The van der Waals surface area contributed by atoms with Gasteiger partial charge in [0.25, 0.3) is 5.91 Å². The van der Waals surface area contributed by atoms with Crippen molar-refractivity contribution >= 4 is 15.7 Å². The molecule has 0 aliphatic rings. The maximum atomic E-state index is 12.6. The third-order valence-corrected chi connectivity index (χ3v) is 4.88. The summed E-state index contributed by atoms with van der Waals surface area (Å²) in [6.07, 6.45) is 5.35. The Bertz CT molecular complexity index is 823. The van der Waals surface area contributed by atoms with Crippen LogP contribution in [0, 0.1) is 5.41 Å². The van der Waals surface area contributed by atoms with Crippen LogP contribution in [0.25, 0.3) is 0 Å². The molecule has 134 valence electrons. The highest BCUT2D eigenvalue weighted by molar-refractivity contribution is 7.90. The highest BCUT2D eigenvalue weighted by atomic mass is 32.2. The van der Waals surface area contributed by atoms with Crippen molar-refractivity contribution in [3.63, 3.8) is 0 Å². The van der Waals surface area contributed by atoms with E-state index in [1.165, 1.54) is 24.3 Å². The number of hydrogen-bond donors (Lipinski definition) is 1. The van der Waals surface area contributed by atoms with E-state index < -0.39 is 9.84 Å². The van der Waals surface area contributed by atoms with Crippen molar-refractivity contribution in [2.24, 2.45) is 5.41 Å². The average Bonchev–Trinajstić information content (AvgIpc) is 2.53. The topological polar surface area (TPSA) is 76.1 Å². The van der Waals surface area contributed by atoms with E-state index >= 15 is 0 Å². The van der Waals surface area contributed by atoms with E-state index in [0.29, 0.717) is 5.56 Å². The maximum absolute atomic E-state index is 12.6. The van der Waals surface area contributed by atoms with E-state index in [2.05, 4.69) is 31.1 Å². The van der Waals surface area contributed by atoms with Crippen LogP contribution in [0.15, 0.2) is 53.7 Å². The molecule has 1 unspecified atom stereocenters. The number of aromatic nitrogens is 1. The molecule has 0 aliphatic carbocycles. The minimum atomic E-state index is -3.28. The SMILES string of the molecule is CC(C)(C)CC(NC(=O)c1ccc(S(C)(=O)=O)cc1)c1cccnc1. The molecule has 0 spiro atoms. The zero-order valence-corrected chi connectivity index (χ0v) is 15.8. The Morgan fingerprint density at radius 1 is 1.16 bits per heavy atom. The van der Waals surface area contributed by atoms with Crippen LogP contribution in [-0.2, 0) is 9.84 Å². The monoisotopic (exact) mass is 360 g/mol. The number of carbonyl (C=O) groups is 1.